The van der Waals surface area contributed by atoms with Crippen LogP contribution in [0.4, 0.5) is 17.6 Å². The van der Waals surface area contributed by atoms with Crippen molar-refractivity contribution in [3.8, 4) is 0 Å². The zero-order valence-electron chi connectivity index (χ0n) is 5.97. The molecule has 1 fully saturated rings. The van der Waals surface area contributed by atoms with Gasteiger partial charge in [-0.05, 0) is 6.92 Å². The Balaban J connectivity index is 3.21. The Morgan fingerprint density at radius 2 is 1.67 bits per heavy atom. The van der Waals surface area contributed by atoms with Gasteiger partial charge in [-0.3, -0.25) is 0 Å². The monoisotopic (exact) mass is 206 g/mol. The Labute approximate surface area is 66.5 Å². The zero-order chi connectivity index (χ0) is 9.73. The molecular formula is C5H6F4O2S. The van der Waals surface area contributed by atoms with Gasteiger partial charge in [-0.25, -0.2) is 26.0 Å². The van der Waals surface area contributed by atoms with Crippen LogP contribution in [0.1, 0.15) is 6.92 Å². The molecule has 1 saturated heterocycles. The van der Waals surface area contributed by atoms with Crippen LogP contribution in [-0.2, 0) is 9.84 Å². The van der Waals surface area contributed by atoms with Crippen molar-refractivity contribution in [2.45, 2.75) is 29.8 Å². The van der Waals surface area contributed by atoms with E-state index in [2.05, 4.69) is 0 Å². The van der Waals surface area contributed by atoms with Crippen LogP contribution in [0, 0.1) is 0 Å². The molecule has 0 bridgehead atoms. The number of halogens is 4. The van der Waals surface area contributed by atoms with Crippen molar-refractivity contribution in [2.75, 3.05) is 0 Å². The lowest BCUT2D eigenvalue weighted by molar-refractivity contribution is 0.0254. The van der Waals surface area contributed by atoms with E-state index in [1.807, 2.05) is 0 Å². The highest BCUT2D eigenvalue weighted by Crippen LogP contribution is 2.42. The summed E-state index contributed by atoms with van der Waals surface area (Å²) in [5.74, 6) is 0. The summed E-state index contributed by atoms with van der Waals surface area (Å²) >= 11 is 0. The maximum absolute atomic E-state index is 12.8. The third-order valence-electron chi connectivity index (χ3n) is 1.82. The van der Waals surface area contributed by atoms with Crippen molar-refractivity contribution in [3.05, 3.63) is 0 Å². The lowest BCUT2D eigenvalue weighted by Crippen LogP contribution is -2.36. The molecule has 1 heterocycles. The molecule has 4 unspecified atom stereocenters. The largest absolute Gasteiger partial charge is 0.240 e. The fourth-order valence-electron chi connectivity index (χ4n) is 0.983. The third-order valence-corrected chi connectivity index (χ3v) is 3.72. The Hall–Kier alpha value is -0.330. The predicted octanol–water partition coefficient (Wildman–Crippen LogP) is 1.07. The van der Waals surface area contributed by atoms with Gasteiger partial charge in [0.1, 0.15) is 0 Å². The van der Waals surface area contributed by atoms with Gasteiger partial charge in [-0.1, -0.05) is 0 Å². The first kappa shape index (κ1) is 9.76. The highest BCUT2D eigenvalue weighted by atomic mass is 32.2. The van der Waals surface area contributed by atoms with E-state index in [1.54, 1.807) is 0 Å². The summed E-state index contributed by atoms with van der Waals surface area (Å²) in [4.78, 5) is 0. The normalized spacial score (nSPS) is 52.6. The number of rotatable bonds is 0. The van der Waals surface area contributed by atoms with Crippen molar-refractivity contribution in [3.63, 3.8) is 0 Å². The van der Waals surface area contributed by atoms with Crippen LogP contribution in [0.5, 0.6) is 0 Å². The van der Waals surface area contributed by atoms with Gasteiger partial charge in [0, 0.05) is 0 Å². The molecule has 0 saturated carbocycles. The minimum Gasteiger partial charge on any atom is -0.239 e. The molecule has 0 amide bonds. The zero-order valence-corrected chi connectivity index (χ0v) is 6.79. The Kier molecular flexibility index (Phi) is 1.90. The average Bonchev–Trinajstić information content (AvgIpc) is 2.06. The number of alkyl halides is 4. The summed E-state index contributed by atoms with van der Waals surface area (Å²) in [5, 5.41) is 0. The highest BCUT2D eigenvalue weighted by Gasteiger charge is 2.65. The Morgan fingerprint density at radius 1 is 1.25 bits per heavy atom. The second-order valence-electron chi connectivity index (χ2n) is 2.81. The number of hydrogen-bond donors (Lipinski definition) is 0. The minimum absolute atomic E-state index is 0.388. The van der Waals surface area contributed by atoms with Gasteiger partial charge in [0.05, 0.1) is 0 Å². The van der Waals surface area contributed by atoms with E-state index in [9.17, 15) is 26.0 Å². The van der Waals surface area contributed by atoms with E-state index in [-0.39, 0.29) is 0 Å². The van der Waals surface area contributed by atoms with E-state index in [1.165, 1.54) is 0 Å². The maximum atomic E-state index is 12.8. The average molecular weight is 206 g/mol. The van der Waals surface area contributed by atoms with Crippen LogP contribution in [0.25, 0.3) is 0 Å². The molecule has 0 N–H and O–H groups in total. The van der Waals surface area contributed by atoms with E-state index in [0.29, 0.717) is 6.92 Å². The summed E-state index contributed by atoms with van der Waals surface area (Å²) < 4.78 is 71.2. The van der Waals surface area contributed by atoms with Crippen molar-refractivity contribution in [2.24, 2.45) is 0 Å². The maximum Gasteiger partial charge on any atom is 0.240 e. The van der Waals surface area contributed by atoms with Gasteiger partial charge in [0.2, 0.25) is 20.8 Å². The molecule has 2 nitrogen and oxygen atoms in total. The summed E-state index contributed by atoms with van der Waals surface area (Å²) in [6, 6.07) is 0. The summed E-state index contributed by atoms with van der Waals surface area (Å²) in [5.41, 5.74) is -9.49. The molecule has 12 heavy (non-hydrogen) atoms. The Morgan fingerprint density at radius 3 is 1.75 bits per heavy atom. The van der Waals surface area contributed by atoms with Crippen molar-refractivity contribution in [1.29, 1.82) is 0 Å². The molecule has 1 rings (SSSR count). The summed E-state index contributed by atoms with van der Waals surface area (Å²) in [7, 11) is -4.94. The van der Waals surface area contributed by atoms with Gasteiger partial charge in [-0.15, -0.1) is 0 Å². The van der Waals surface area contributed by atoms with E-state index >= 15 is 0 Å². The molecule has 0 radical (unpaired) electrons. The van der Waals surface area contributed by atoms with Gasteiger partial charge in [0.15, 0.2) is 11.8 Å². The number of sulfone groups is 1. The van der Waals surface area contributed by atoms with Crippen LogP contribution < -0.4 is 0 Å². The standard InChI is InChI=1S/C5H6F4O2S/c1-5(9)2(6)3(7)12(10,11)4(5)8/h2-4H,1H3. The van der Waals surface area contributed by atoms with E-state index < -0.39 is 32.7 Å². The van der Waals surface area contributed by atoms with Crippen LogP contribution in [0.15, 0.2) is 0 Å². The Bertz CT molecular complexity index is 286. The van der Waals surface area contributed by atoms with Crippen LogP contribution >= 0.6 is 0 Å². The quantitative estimate of drug-likeness (QED) is 0.555. The fraction of sp³-hybridized carbons (Fsp3) is 1.00. The third kappa shape index (κ3) is 0.949. The minimum atomic E-state index is -4.94. The highest BCUT2D eigenvalue weighted by molar-refractivity contribution is 7.92. The van der Waals surface area contributed by atoms with Gasteiger partial charge in [-0.2, -0.15) is 0 Å². The summed E-state index contributed by atoms with van der Waals surface area (Å²) in [6.45, 7) is 0.388. The van der Waals surface area contributed by atoms with Gasteiger partial charge < -0.3 is 0 Å². The molecule has 7 heteroatoms. The van der Waals surface area contributed by atoms with Crippen LogP contribution in [-0.4, -0.2) is 31.3 Å². The number of hydrogen-bond acceptors (Lipinski definition) is 2. The van der Waals surface area contributed by atoms with E-state index in [0.717, 1.165) is 0 Å². The molecule has 0 aromatic carbocycles. The molecule has 1 aliphatic rings. The lowest BCUT2D eigenvalue weighted by atomic mass is 10.1. The van der Waals surface area contributed by atoms with Crippen molar-refractivity contribution in [1.82, 2.24) is 0 Å². The summed E-state index contributed by atoms with van der Waals surface area (Å²) in [6.07, 6.45) is -2.95. The first-order valence-corrected chi connectivity index (χ1v) is 4.67. The predicted molar refractivity (Wildman–Crippen MR) is 33.1 cm³/mol. The second kappa shape index (κ2) is 2.34. The van der Waals surface area contributed by atoms with Crippen molar-refractivity contribution >= 4 is 9.84 Å². The molecule has 72 valence electrons. The smallest absolute Gasteiger partial charge is 0.239 e. The first-order chi connectivity index (χ1) is 5.22. The SMILES string of the molecule is CC1(F)C(F)C(F)S(=O)(=O)C1F. The van der Waals surface area contributed by atoms with Crippen LogP contribution in [0.3, 0.4) is 0 Å². The van der Waals surface area contributed by atoms with Gasteiger partial charge in [0.25, 0.3) is 0 Å². The first-order valence-electron chi connectivity index (χ1n) is 3.06. The van der Waals surface area contributed by atoms with Crippen molar-refractivity contribution < 1.29 is 26.0 Å². The van der Waals surface area contributed by atoms with E-state index in [4.69, 9.17) is 0 Å². The second-order valence-corrected chi connectivity index (χ2v) is 4.85. The topological polar surface area (TPSA) is 34.1 Å². The van der Waals surface area contributed by atoms with Gasteiger partial charge >= 0.3 is 0 Å². The molecule has 0 aromatic rings. The molecule has 0 aromatic heterocycles. The molecule has 1 aliphatic heterocycles. The lowest BCUT2D eigenvalue weighted by Gasteiger charge is -2.15. The molecule has 0 spiro atoms. The molecular weight excluding hydrogens is 200 g/mol. The van der Waals surface area contributed by atoms with Crippen LogP contribution in [0.2, 0.25) is 0 Å². The fourth-order valence-corrected chi connectivity index (χ4v) is 2.58. The molecule has 4 atom stereocenters. The molecule has 0 aliphatic carbocycles.